The highest BCUT2D eigenvalue weighted by Gasteiger charge is 2.00. The molecule has 2 aromatic rings. The van der Waals surface area contributed by atoms with E-state index in [2.05, 4.69) is 22.2 Å². The number of hydrogen-bond donors (Lipinski definition) is 2. The van der Waals surface area contributed by atoms with Crippen LogP contribution in [0.5, 0.6) is 5.75 Å². The summed E-state index contributed by atoms with van der Waals surface area (Å²) >= 11 is 1.67. The molecule has 0 amide bonds. The summed E-state index contributed by atoms with van der Waals surface area (Å²) in [4.78, 5) is 9.84. The Morgan fingerprint density at radius 2 is 2.15 bits per heavy atom. The average Bonchev–Trinajstić information content (AvgIpc) is 2.94. The molecular weight excluding hydrogens is 272 g/mol. The summed E-state index contributed by atoms with van der Waals surface area (Å²) in [5, 5.41) is 4.01. The number of aromatic nitrogens is 1. The normalized spacial score (nSPS) is 11.4. The van der Waals surface area contributed by atoms with Gasteiger partial charge in [0.2, 0.25) is 0 Å². The van der Waals surface area contributed by atoms with Crippen LogP contribution in [-0.4, -0.2) is 18.1 Å². The maximum atomic E-state index is 5.85. The number of aryl methyl sites for hydroxylation is 1. The first-order chi connectivity index (χ1) is 9.71. The molecule has 0 fully saturated rings. The predicted molar refractivity (Wildman–Crippen MR) is 83.4 cm³/mol. The molecule has 0 unspecified atom stereocenters. The van der Waals surface area contributed by atoms with E-state index in [9.17, 15) is 0 Å². The van der Waals surface area contributed by atoms with Crippen molar-refractivity contribution in [2.75, 3.05) is 12.4 Å². The SMILES string of the molecule is CCc1cnc(CN=C(N)Nc2ccc(OC)cc2)s1. The first-order valence-electron chi connectivity index (χ1n) is 6.36. The molecule has 1 heterocycles. The van der Waals surface area contributed by atoms with Crippen LogP contribution in [0.3, 0.4) is 0 Å². The van der Waals surface area contributed by atoms with Gasteiger partial charge in [0.15, 0.2) is 5.96 Å². The minimum Gasteiger partial charge on any atom is -0.497 e. The zero-order valence-corrected chi connectivity index (χ0v) is 12.4. The van der Waals surface area contributed by atoms with Crippen molar-refractivity contribution in [1.82, 2.24) is 4.98 Å². The molecule has 20 heavy (non-hydrogen) atoms. The lowest BCUT2D eigenvalue weighted by Crippen LogP contribution is -2.22. The Bertz CT molecular complexity index is 577. The number of guanidine groups is 1. The fourth-order valence-corrected chi connectivity index (χ4v) is 2.39. The second kappa shape index (κ2) is 6.91. The van der Waals surface area contributed by atoms with Gasteiger partial charge in [0, 0.05) is 16.8 Å². The van der Waals surface area contributed by atoms with Crippen LogP contribution in [0, 0.1) is 0 Å². The van der Waals surface area contributed by atoms with E-state index in [4.69, 9.17) is 10.5 Å². The van der Waals surface area contributed by atoms with Crippen molar-refractivity contribution in [3.8, 4) is 5.75 Å². The highest BCUT2D eigenvalue weighted by atomic mass is 32.1. The Morgan fingerprint density at radius 3 is 2.75 bits per heavy atom. The Balaban J connectivity index is 1.92. The van der Waals surface area contributed by atoms with Gasteiger partial charge < -0.3 is 15.8 Å². The topological polar surface area (TPSA) is 72.5 Å². The smallest absolute Gasteiger partial charge is 0.193 e. The van der Waals surface area contributed by atoms with Crippen molar-refractivity contribution in [3.05, 3.63) is 40.3 Å². The number of methoxy groups -OCH3 is 1. The fourth-order valence-electron chi connectivity index (χ4n) is 1.60. The lowest BCUT2D eigenvalue weighted by atomic mass is 10.3. The predicted octanol–water partition coefficient (Wildman–Crippen LogP) is 2.64. The lowest BCUT2D eigenvalue weighted by molar-refractivity contribution is 0.415. The van der Waals surface area contributed by atoms with Crippen LogP contribution in [0.15, 0.2) is 35.5 Å². The number of nitrogens with zero attached hydrogens (tertiary/aromatic N) is 2. The van der Waals surface area contributed by atoms with Gasteiger partial charge in [-0.15, -0.1) is 11.3 Å². The number of thiazole rings is 1. The van der Waals surface area contributed by atoms with E-state index in [0.29, 0.717) is 12.5 Å². The fraction of sp³-hybridized carbons (Fsp3) is 0.286. The van der Waals surface area contributed by atoms with E-state index in [-0.39, 0.29) is 0 Å². The van der Waals surface area contributed by atoms with Gasteiger partial charge in [-0.3, -0.25) is 0 Å². The summed E-state index contributed by atoms with van der Waals surface area (Å²) in [5.74, 6) is 1.18. The molecule has 0 saturated heterocycles. The Morgan fingerprint density at radius 1 is 1.40 bits per heavy atom. The van der Waals surface area contributed by atoms with Crippen molar-refractivity contribution < 1.29 is 4.74 Å². The van der Waals surface area contributed by atoms with Crippen LogP contribution in [0.25, 0.3) is 0 Å². The molecule has 2 rings (SSSR count). The third-order valence-corrected chi connectivity index (χ3v) is 3.82. The van der Waals surface area contributed by atoms with E-state index in [1.165, 1.54) is 4.88 Å². The van der Waals surface area contributed by atoms with Gasteiger partial charge in [-0.25, -0.2) is 9.98 Å². The monoisotopic (exact) mass is 290 g/mol. The highest BCUT2D eigenvalue weighted by Crippen LogP contribution is 2.16. The standard InChI is InChI=1S/C14H18N4OS/c1-3-12-8-16-13(20-12)9-17-14(15)18-10-4-6-11(19-2)7-5-10/h4-8H,3,9H2,1-2H3,(H3,15,17,18). The molecule has 0 bridgehead atoms. The lowest BCUT2D eigenvalue weighted by Gasteiger charge is -2.06. The van der Waals surface area contributed by atoms with E-state index in [1.807, 2.05) is 30.5 Å². The van der Waals surface area contributed by atoms with Crippen molar-refractivity contribution >= 4 is 23.0 Å². The summed E-state index contributed by atoms with van der Waals surface area (Å²) in [6.45, 7) is 2.61. The quantitative estimate of drug-likeness (QED) is 0.656. The molecule has 0 aliphatic rings. The van der Waals surface area contributed by atoms with E-state index < -0.39 is 0 Å². The maximum absolute atomic E-state index is 5.85. The van der Waals surface area contributed by atoms with Gasteiger partial charge in [-0.1, -0.05) is 6.92 Å². The molecule has 6 heteroatoms. The van der Waals surface area contributed by atoms with Crippen LogP contribution in [0.1, 0.15) is 16.8 Å². The summed E-state index contributed by atoms with van der Waals surface area (Å²) in [6, 6.07) is 7.51. The summed E-state index contributed by atoms with van der Waals surface area (Å²) < 4.78 is 5.10. The van der Waals surface area contributed by atoms with Crippen LogP contribution < -0.4 is 15.8 Å². The zero-order chi connectivity index (χ0) is 14.4. The summed E-state index contributed by atoms with van der Waals surface area (Å²) in [6.07, 6.45) is 2.89. The number of anilines is 1. The van der Waals surface area contributed by atoms with Crippen LogP contribution in [0.4, 0.5) is 5.69 Å². The summed E-state index contributed by atoms with van der Waals surface area (Å²) in [5.41, 5.74) is 6.72. The number of nitrogens with one attached hydrogen (secondary N) is 1. The molecule has 0 radical (unpaired) electrons. The molecule has 1 aromatic heterocycles. The minimum atomic E-state index is 0.378. The van der Waals surface area contributed by atoms with Crippen LogP contribution in [-0.2, 0) is 13.0 Å². The van der Waals surface area contributed by atoms with Crippen molar-refractivity contribution in [1.29, 1.82) is 0 Å². The van der Waals surface area contributed by atoms with E-state index in [0.717, 1.165) is 22.9 Å². The van der Waals surface area contributed by atoms with Crippen molar-refractivity contribution in [2.45, 2.75) is 19.9 Å². The van der Waals surface area contributed by atoms with Crippen LogP contribution >= 0.6 is 11.3 Å². The second-order valence-corrected chi connectivity index (χ2v) is 5.33. The number of hydrogen-bond acceptors (Lipinski definition) is 4. The van der Waals surface area contributed by atoms with Gasteiger partial charge >= 0.3 is 0 Å². The molecule has 0 aliphatic heterocycles. The van der Waals surface area contributed by atoms with Crippen LogP contribution in [0.2, 0.25) is 0 Å². The van der Waals surface area contributed by atoms with Gasteiger partial charge in [0.1, 0.15) is 10.8 Å². The summed E-state index contributed by atoms with van der Waals surface area (Å²) in [7, 11) is 1.64. The maximum Gasteiger partial charge on any atom is 0.193 e. The number of aliphatic imine (C=N–C) groups is 1. The van der Waals surface area contributed by atoms with E-state index in [1.54, 1.807) is 18.4 Å². The Kier molecular flexibility index (Phi) is 4.95. The first-order valence-corrected chi connectivity index (χ1v) is 7.17. The second-order valence-electron chi connectivity index (χ2n) is 4.13. The Hall–Kier alpha value is -2.08. The number of nitrogens with two attached hydrogens (primary N) is 1. The third-order valence-electron chi connectivity index (χ3n) is 2.70. The highest BCUT2D eigenvalue weighted by molar-refractivity contribution is 7.11. The molecule has 106 valence electrons. The van der Waals surface area contributed by atoms with Crippen molar-refractivity contribution in [3.63, 3.8) is 0 Å². The molecule has 1 aromatic carbocycles. The molecule has 0 aliphatic carbocycles. The van der Waals surface area contributed by atoms with Gasteiger partial charge in [-0.05, 0) is 30.7 Å². The molecule has 0 atom stereocenters. The van der Waals surface area contributed by atoms with Gasteiger partial charge in [0.25, 0.3) is 0 Å². The minimum absolute atomic E-state index is 0.378. The molecule has 3 N–H and O–H groups in total. The zero-order valence-electron chi connectivity index (χ0n) is 11.6. The van der Waals surface area contributed by atoms with Gasteiger partial charge in [-0.2, -0.15) is 0 Å². The number of ether oxygens (including phenoxy) is 1. The van der Waals surface area contributed by atoms with Crippen molar-refractivity contribution in [2.24, 2.45) is 10.7 Å². The first kappa shape index (κ1) is 14.3. The largest absolute Gasteiger partial charge is 0.497 e. The number of benzene rings is 1. The molecular formula is C14H18N4OS. The average molecular weight is 290 g/mol. The van der Waals surface area contributed by atoms with E-state index >= 15 is 0 Å². The Labute approximate surface area is 122 Å². The molecule has 0 spiro atoms. The third kappa shape index (κ3) is 3.96. The number of rotatable bonds is 5. The van der Waals surface area contributed by atoms with Gasteiger partial charge in [0.05, 0.1) is 13.7 Å². The molecule has 5 nitrogen and oxygen atoms in total. The molecule has 0 saturated carbocycles.